The lowest BCUT2D eigenvalue weighted by Crippen LogP contribution is -2.32. The van der Waals surface area contributed by atoms with Gasteiger partial charge in [-0.2, -0.15) is 0 Å². The van der Waals surface area contributed by atoms with Gasteiger partial charge in [-0.15, -0.1) is 0 Å². The van der Waals surface area contributed by atoms with Crippen LogP contribution < -0.4 is 5.32 Å². The molecular weight excluding hydrogens is 280 g/mol. The van der Waals surface area contributed by atoms with Crippen molar-refractivity contribution in [3.8, 4) is 11.1 Å². The van der Waals surface area contributed by atoms with Crippen LogP contribution in [0.25, 0.3) is 27.6 Å². The average molecular weight is 302 g/mol. The van der Waals surface area contributed by atoms with E-state index >= 15 is 0 Å². The maximum absolute atomic E-state index is 3.66. The van der Waals surface area contributed by atoms with E-state index in [-0.39, 0.29) is 5.54 Å². The van der Waals surface area contributed by atoms with Gasteiger partial charge in [0.2, 0.25) is 0 Å². The van der Waals surface area contributed by atoms with Crippen molar-refractivity contribution < 1.29 is 0 Å². The first kappa shape index (κ1) is 14.1. The molecule has 0 aliphatic carbocycles. The summed E-state index contributed by atoms with van der Waals surface area (Å²) in [6.45, 7) is 8.83. The number of aromatic amines is 1. The minimum atomic E-state index is 0.00647. The van der Waals surface area contributed by atoms with Crippen LogP contribution in [0.3, 0.4) is 0 Å². The molecular formula is C21H22N2. The maximum atomic E-state index is 3.66. The number of hydrogen-bond donors (Lipinski definition) is 2. The standard InChI is InChI=1S/C21H22N2/c1-13-9-17(16-6-5-15-7-8-22-19(15)11-16)10-18-14(2)12-21(3,4)23-20(13)18/h5-12,22-23H,1-4H3. The number of allylic oxidation sites excluding steroid dienone is 1. The summed E-state index contributed by atoms with van der Waals surface area (Å²) >= 11 is 0. The molecule has 2 heterocycles. The molecule has 0 bridgehead atoms. The minimum absolute atomic E-state index is 0.00647. The van der Waals surface area contributed by atoms with Gasteiger partial charge in [-0.3, -0.25) is 0 Å². The number of anilines is 1. The van der Waals surface area contributed by atoms with Gasteiger partial charge in [-0.1, -0.05) is 18.2 Å². The molecule has 1 aliphatic heterocycles. The smallest absolute Gasteiger partial charge is 0.0506 e. The van der Waals surface area contributed by atoms with Crippen LogP contribution in [0, 0.1) is 6.92 Å². The van der Waals surface area contributed by atoms with Crippen molar-refractivity contribution in [2.45, 2.75) is 33.2 Å². The van der Waals surface area contributed by atoms with Gasteiger partial charge in [0.25, 0.3) is 0 Å². The molecule has 116 valence electrons. The summed E-state index contributed by atoms with van der Waals surface area (Å²) in [5.41, 5.74) is 8.93. The van der Waals surface area contributed by atoms with Gasteiger partial charge in [0, 0.05) is 23.0 Å². The Labute approximate surface area is 137 Å². The summed E-state index contributed by atoms with van der Waals surface area (Å²) in [6, 6.07) is 13.3. The highest BCUT2D eigenvalue weighted by Gasteiger charge is 2.24. The third-order valence-corrected chi connectivity index (χ3v) is 4.67. The molecule has 2 heteroatoms. The first-order chi connectivity index (χ1) is 10.9. The lowest BCUT2D eigenvalue weighted by atomic mass is 9.87. The number of rotatable bonds is 1. The summed E-state index contributed by atoms with van der Waals surface area (Å²) in [4.78, 5) is 3.30. The normalized spacial score (nSPS) is 15.9. The minimum Gasteiger partial charge on any atom is -0.376 e. The third-order valence-electron chi connectivity index (χ3n) is 4.67. The van der Waals surface area contributed by atoms with E-state index in [4.69, 9.17) is 0 Å². The second kappa shape index (κ2) is 4.76. The molecule has 0 fully saturated rings. The quantitative estimate of drug-likeness (QED) is 0.588. The van der Waals surface area contributed by atoms with Crippen LogP contribution in [0.1, 0.15) is 31.9 Å². The molecule has 0 amide bonds. The van der Waals surface area contributed by atoms with Crippen LogP contribution in [-0.2, 0) is 0 Å². The molecule has 0 atom stereocenters. The average Bonchev–Trinajstić information content (AvgIpc) is 2.94. The molecule has 4 rings (SSSR count). The molecule has 0 saturated carbocycles. The summed E-state index contributed by atoms with van der Waals surface area (Å²) in [6.07, 6.45) is 4.30. The van der Waals surface area contributed by atoms with Gasteiger partial charge in [0.05, 0.1) is 5.54 Å². The number of aryl methyl sites for hydroxylation is 1. The predicted octanol–water partition coefficient (Wildman–Crippen LogP) is 5.75. The molecule has 2 nitrogen and oxygen atoms in total. The lowest BCUT2D eigenvalue weighted by Gasteiger charge is -2.33. The van der Waals surface area contributed by atoms with Crippen molar-refractivity contribution in [3.63, 3.8) is 0 Å². The van der Waals surface area contributed by atoms with E-state index in [1.807, 2.05) is 6.20 Å². The van der Waals surface area contributed by atoms with Gasteiger partial charge < -0.3 is 10.3 Å². The fraction of sp³-hybridized carbons (Fsp3) is 0.238. The number of fused-ring (bicyclic) bond motifs is 2. The Bertz CT molecular complexity index is 942. The fourth-order valence-electron chi connectivity index (χ4n) is 3.64. The van der Waals surface area contributed by atoms with E-state index < -0.39 is 0 Å². The molecule has 2 N–H and O–H groups in total. The highest BCUT2D eigenvalue weighted by molar-refractivity contribution is 5.89. The van der Waals surface area contributed by atoms with Gasteiger partial charge in [0.15, 0.2) is 0 Å². The van der Waals surface area contributed by atoms with Crippen molar-refractivity contribution in [2.24, 2.45) is 0 Å². The van der Waals surface area contributed by atoms with Crippen LogP contribution in [0.15, 0.2) is 48.7 Å². The SMILES string of the molecule is CC1=CC(C)(C)Nc2c(C)cc(-c3ccc4cc[nH]c4c3)cc21. The van der Waals surface area contributed by atoms with E-state index in [0.717, 1.165) is 0 Å². The zero-order chi connectivity index (χ0) is 16.2. The summed E-state index contributed by atoms with van der Waals surface area (Å²) in [5.74, 6) is 0. The first-order valence-corrected chi connectivity index (χ1v) is 8.13. The van der Waals surface area contributed by atoms with Crippen LogP contribution in [0.4, 0.5) is 5.69 Å². The van der Waals surface area contributed by atoms with E-state index in [1.54, 1.807) is 0 Å². The Morgan fingerprint density at radius 1 is 0.913 bits per heavy atom. The van der Waals surface area contributed by atoms with Crippen LogP contribution in [0.5, 0.6) is 0 Å². The number of hydrogen-bond acceptors (Lipinski definition) is 1. The van der Waals surface area contributed by atoms with E-state index in [0.29, 0.717) is 0 Å². The maximum Gasteiger partial charge on any atom is 0.0506 e. The van der Waals surface area contributed by atoms with Crippen LogP contribution in [0.2, 0.25) is 0 Å². The van der Waals surface area contributed by atoms with E-state index in [1.165, 1.54) is 44.4 Å². The van der Waals surface area contributed by atoms with Crippen LogP contribution >= 0.6 is 0 Å². The van der Waals surface area contributed by atoms with Crippen molar-refractivity contribution in [1.82, 2.24) is 4.98 Å². The second-order valence-electron chi connectivity index (χ2n) is 7.17. The lowest BCUT2D eigenvalue weighted by molar-refractivity contribution is 0.706. The van der Waals surface area contributed by atoms with Crippen LogP contribution in [-0.4, -0.2) is 10.5 Å². The zero-order valence-electron chi connectivity index (χ0n) is 14.1. The summed E-state index contributed by atoms with van der Waals surface area (Å²) in [5, 5.41) is 4.91. The van der Waals surface area contributed by atoms with E-state index in [2.05, 4.69) is 80.5 Å². The van der Waals surface area contributed by atoms with Crippen molar-refractivity contribution in [3.05, 3.63) is 59.8 Å². The molecule has 23 heavy (non-hydrogen) atoms. The number of nitrogens with one attached hydrogen (secondary N) is 2. The van der Waals surface area contributed by atoms with Crippen molar-refractivity contribution in [1.29, 1.82) is 0 Å². The molecule has 0 saturated heterocycles. The fourth-order valence-corrected chi connectivity index (χ4v) is 3.64. The number of H-pyrrole nitrogens is 1. The molecule has 3 aromatic rings. The molecule has 2 aromatic carbocycles. The van der Waals surface area contributed by atoms with Gasteiger partial charge >= 0.3 is 0 Å². The first-order valence-electron chi connectivity index (χ1n) is 8.13. The summed E-state index contributed by atoms with van der Waals surface area (Å²) < 4.78 is 0. The predicted molar refractivity (Wildman–Crippen MR) is 99.8 cm³/mol. The van der Waals surface area contributed by atoms with Gasteiger partial charge in [0.1, 0.15) is 0 Å². The summed E-state index contributed by atoms with van der Waals surface area (Å²) in [7, 11) is 0. The monoisotopic (exact) mass is 302 g/mol. The Kier molecular flexibility index (Phi) is 2.92. The number of aromatic nitrogens is 1. The van der Waals surface area contributed by atoms with Gasteiger partial charge in [-0.05, 0) is 79.6 Å². The third kappa shape index (κ3) is 2.35. The highest BCUT2D eigenvalue weighted by Crippen LogP contribution is 2.39. The Hall–Kier alpha value is -2.48. The molecule has 0 radical (unpaired) electrons. The zero-order valence-corrected chi connectivity index (χ0v) is 14.1. The highest BCUT2D eigenvalue weighted by atomic mass is 15.0. The van der Waals surface area contributed by atoms with Crippen molar-refractivity contribution >= 4 is 22.2 Å². The Morgan fingerprint density at radius 3 is 2.57 bits per heavy atom. The second-order valence-corrected chi connectivity index (χ2v) is 7.17. The molecule has 0 unspecified atom stereocenters. The largest absolute Gasteiger partial charge is 0.376 e. The Balaban J connectivity index is 1.88. The van der Waals surface area contributed by atoms with Crippen molar-refractivity contribution in [2.75, 3.05) is 5.32 Å². The van der Waals surface area contributed by atoms with Gasteiger partial charge in [-0.25, -0.2) is 0 Å². The molecule has 1 aromatic heterocycles. The molecule has 0 spiro atoms. The van der Waals surface area contributed by atoms with E-state index in [9.17, 15) is 0 Å². The molecule has 1 aliphatic rings. The topological polar surface area (TPSA) is 27.8 Å². The number of benzene rings is 2. The Morgan fingerprint density at radius 2 is 1.74 bits per heavy atom.